The molecule has 0 fully saturated rings. The fraction of sp³-hybridized carbons (Fsp3) is 0.462. The van der Waals surface area contributed by atoms with Gasteiger partial charge in [0.05, 0.1) is 4.90 Å². The number of sulfonamides is 1. The summed E-state index contributed by atoms with van der Waals surface area (Å²) in [6.45, 7) is 3.88. The molecule has 0 amide bonds. The molecule has 0 bridgehead atoms. The van der Waals surface area contributed by atoms with Gasteiger partial charge in [0.1, 0.15) is 6.04 Å². The van der Waals surface area contributed by atoms with Gasteiger partial charge in [-0.1, -0.05) is 6.07 Å². The molecular weight excluding hydrogens is 280 g/mol. The van der Waals surface area contributed by atoms with Crippen molar-refractivity contribution in [3.8, 4) is 0 Å². The van der Waals surface area contributed by atoms with Gasteiger partial charge in [-0.15, -0.1) is 0 Å². The van der Waals surface area contributed by atoms with Crippen LogP contribution in [0.5, 0.6) is 0 Å². The monoisotopic (exact) mass is 298 g/mol. The molecule has 1 heterocycles. The van der Waals surface area contributed by atoms with Crippen LogP contribution in [-0.4, -0.2) is 31.6 Å². The second-order valence-electron chi connectivity index (χ2n) is 5.18. The number of hydrogen-bond donors (Lipinski definition) is 3. The fourth-order valence-electron chi connectivity index (χ4n) is 2.21. The van der Waals surface area contributed by atoms with Crippen LogP contribution in [0.25, 0.3) is 0 Å². The Morgan fingerprint density at radius 1 is 1.40 bits per heavy atom. The molecule has 110 valence electrons. The average molecular weight is 298 g/mol. The first-order chi connectivity index (χ1) is 9.29. The van der Waals surface area contributed by atoms with Crippen LogP contribution < -0.4 is 10.0 Å². The van der Waals surface area contributed by atoms with Gasteiger partial charge < -0.3 is 10.4 Å². The molecule has 0 aliphatic carbocycles. The standard InChI is InChI=1S/C13H18N2O4S/c1-8(2)15-20(18,19)11-4-3-9-6-12(13(16)17)14-7-10(9)5-11/h3-5,8,12,14-15H,6-7H2,1-2H3,(H,16,17)/t12-/m0/s1. The Morgan fingerprint density at radius 3 is 2.70 bits per heavy atom. The highest BCUT2D eigenvalue weighted by Gasteiger charge is 2.25. The lowest BCUT2D eigenvalue weighted by atomic mass is 9.96. The molecule has 1 aromatic carbocycles. The topological polar surface area (TPSA) is 95.5 Å². The zero-order valence-electron chi connectivity index (χ0n) is 11.4. The van der Waals surface area contributed by atoms with Crippen molar-refractivity contribution in [2.75, 3.05) is 0 Å². The number of aliphatic carboxylic acids is 1. The highest BCUT2D eigenvalue weighted by atomic mass is 32.2. The first kappa shape index (κ1) is 15.0. The van der Waals surface area contributed by atoms with Gasteiger partial charge >= 0.3 is 5.97 Å². The van der Waals surface area contributed by atoms with Gasteiger partial charge in [-0.3, -0.25) is 4.79 Å². The number of benzene rings is 1. The van der Waals surface area contributed by atoms with Crippen LogP contribution >= 0.6 is 0 Å². The van der Waals surface area contributed by atoms with E-state index in [0.717, 1.165) is 11.1 Å². The summed E-state index contributed by atoms with van der Waals surface area (Å²) < 4.78 is 26.7. The van der Waals surface area contributed by atoms with E-state index >= 15 is 0 Å². The third kappa shape index (κ3) is 3.17. The van der Waals surface area contributed by atoms with Crippen LogP contribution in [-0.2, 0) is 27.8 Å². The smallest absolute Gasteiger partial charge is 0.321 e. The first-order valence-electron chi connectivity index (χ1n) is 6.40. The molecule has 1 aliphatic heterocycles. The molecule has 0 saturated heterocycles. The van der Waals surface area contributed by atoms with E-state index in [4.69, 9.17) is 5.11 Å². The van der Waals surface area contributed by atoms with Crippen molar-refractivity contribution in [2.45, 2.75) is 43.8 Å². The largest absolute Gasteiger partial charge is 0.480 e. The van der Waals surface area contributed by atoms with Crippen molar-refractivity contribution in [1.29, 1.82) is 0 Å². The Morgan fingerprint density at radius 2 is 2.10 bits per heavy atom. The number of fused-ring (bicyclic) bond motifs is 1. The third-order valence-electron chi connectivity index (χ3n) is 3.14. The van der Waals surface area contributed by atoms with E-state index in [-0.39, 0.29) is 10.9 Å². The van der Waals surface area contributed by atoms with Crippen LogP contribution in [0.3, 0.4) is 0 Å². The second-order valence-corrected chi connectivity index (χ2v) is 6.90. The quantitative estimate of drug-likeness (QED) is 0.751. The van der Waals surface area contributed by atoms with E-state index in [0.29, 0.717) is 13.0 Å². The molecule has 6 nitrogen and oxygen atoms in total. The highest BCUT2D eigenvalue weighted by molar-refractivity contribution is 7.89. The number of hydrogen-bond acceptors (Lipinski definition) is 4. The fourth-order valence-corrected chi connectivity index (χ4v) is 3.51. The van der Waals surface area contributed by atoms with Crippen LogP contribution in [0.2, 0.25) is 0 Å². The zero-order valence-corrected chi connectivity index (χ0v) is 12.2. The van der Waals surface area contributed by atoms with Crippen LogP contribution in [0, 0.1) is 0 Å². The van der Waals surface area contributed by atoms with Crippen LogP contribution in [0.4, 0.5) is 0 Å². The normalized spacial score (nSPS) is 18.9. The van der Waals surface area contributed by atoms with Gasteiger partial charge in [-0.2, -0.15) is 0 Å². The summed E-state index contributed by atoms with van der Waals surface area (Å²) in [4.78, 5) is 11.2. The molecule has 20 heavy (non-hydrogen) atoms. The molecule has 0 aromatic heterocycles. The molecule has 3 N–H and O–H groups in total. The molecular formula is C13H18N2O4S. The summed E-state index contributed by atoms with van der Waals surface area (Å²) >= 11 is 0. The summed E-state index contributed by atoms with van der Waals surface area (Å²) in [5, 5.41) is 11.9. The Bertz CT molecular complexity index is 625. The van der Waals surface area contributed by atoms with Crippen molar-refractivity contribution in [3.05, 3.63) is 29.3 Å². The third-order valence-corrected chi connectivity index (χ3v) is 4.80. The van der Waals surface area contributed by atoms with Crippen LogP contribution in [0.1, 0.15) is 25.0 Å². The lowest BCUT2D eigenvalue weighted by molar-refractivity contribution is -0.139. The number of carbonyl (C=O) groups is 1. The predicted molar refractivity (Wildman–Crippen MR) is 73.9 cm³/mol. The van der Waals surface area contributed by atoms with Gasteiger partial charge in [0.15, 0.2) is 0 Å². The maximum Gasteiger partial charge on any atom is 0.321 e. The van der Waals surface area contributed by atoms with E-state index in [2.05, 4.69) is 10.0 Å². The molecule has 0 saturated carbocycles. The maximum atomic E-state index is 12.1. The van der Waals surface area contributed by atoms with E-state index in [9.17, 15) is 13.2 Å². The van der Waals surface area contributed by atoms with Crippen LogP contribution in [0.15, 0.2) is 23.1 Å². The van der Waals surface area contributed by atoms with E-state index in [1.54, 1.807) is 26.0 Å². The van der Waals surface area contributed by atoms with E-state index in [1.807, 2.05) is 0 Å². The number of carboxylic acids is 1. The molecule has 0 spiro atoms. The molecule has 2 rings (SSSR count). The Kier molecular flexibility index (Phi) is 4.12. The van der Waals surface area contributed by atoms with Gasteiger partial charge in [0, 0.05) is 12.6 Å². The number of nitrogens with one attached hydrogen (secondary N) is 2. The summed E-state index contributed by atoms with van der Waals surface area (Å²) in [7, 11) is -3.52. The lowest BCUT2D eigenvalue weighted by Gasteiger charge is -2.23. The second kappa shape index (κ2) is 5.51. The molecule has 7 heteroatoms. The van der Waals surface area contributed by atoms with Gasteiger partial charge in [0.2, 0.25) is 10.0 Å². The maximum absolute atomic E-state index is 12.1. The number of rotatable bonds is 4. The molecule has 1 atom stereocenters. The summed E-state index contributed by atoms with van der Waals surface area (Å²) in [5.41, 5.74) is 1.70. The molecule has 1 aliphatic rings. The Balaban J connectivity index is 2.28. The van der Waals surface area contributed by atoms with Gasteiger partial charge in [-0.25, -0.2) is 13.1 Å². The van der Waals surface area contributed by atoms with Gasteiger partial charge in [0.25, 0.3) is 0 Å². The van der Waals surface area contributed by atoms with Crippen molar-refractivity contribution >= 4 is 16.0 Å². The first-order valence-corrected chi connectivity index (χ1v) is 7.88. The van der Waals surface area contributed by atoms with Crippen molar-refractivity contribution in [1.82, 2.24) is 10.0 Å². The minimum absolute atomic E-state index is 0.175. The highest BCUT2D eigenvalue weighted by Crippen LogP contribution is 2.21. The SMILES string of the molecule is CC(C)NS(=O)(=O)c1ccc2c(c1)CN[C@H](C(=O)O)C2. The van der Waals surface area contributed by atoms with E-state index < -0.39 is 22.0 Å². The van der Waals surface area contributed by atoms with Crippen molar-refractivity contribution in [2.24, 2.45) is 0 Å². The Hall–Kier alpha value is -1.44. The molecule has 0 radical (unpaired) electrons. The average Bonchev–Trinajstić information content (AvgIpc) is 2.35. The predicted octanol–water partition coefficient (Wildman–Crippen LogP) is 0.472. The minimum Gasteiger partial charge on any atom is -0.480 e. The lowest BCUT2D eigenvalue weighted by Crippen LogP contribution is -2.41. The Labute approximate surface area is 118 Å². The summed E-state index contributed by atoms with van der Waals surface area (Å²) in [6.07, 6.45) is 0.364. The minimum atomic E-state index is -3.52. The molecule has 0 unspecified atom stereocenters. The van der Waals surface area contributed by atoms with Crippen molar-refractivity contribution in [3.63, 3.8) is 0 Å². The zero-order chi connectivity index (χ0) is 14.9. The van der Waals surface area contributed by atoms with Crippen molar-refractivity contribution < 1.29 is 18.3 Å². The number of carboxylic acid groups (broad SMARTS) is 1. The molecule has 1 aromatic rings. The van der Waals surface area contributed by atoms with Gasteiger partial charge in [-0.05, 0) is 43.5 Å². The van der Waals surface area contributed by atoms with E-state index in [1.165, 1.54) is 6.07 Å². The summed E-state index contributed by atoms with van der Waals surface area (Å²) in [6, 6.07) is 4.03. The summed E-state index contributed by atoms with van der Waals surface area (Å²) in [5.74, 6) is -0.895.